The van der Waals surface area contributed by atoms with Crippen LogP contribution < -0.4 is 21.1 Å². The van der Waals surface area contributed by atoms with Crippen LogP contribution in [0.5, 0.6) is 5.75 Å². The number of carbonyl (C=O) groups is 2. The summed E-state index contributed by atoms with van der Waals surface area (Å²) in [7, 11) is 1.56. The highest BCUT2D eigenvalue weighted by atomic mass is 32.1. The fraction of sp³-hybridized carbons (Fsp3) is 0.250. The Balaban J connectivity index is 1.85. The molecule has 1 heterocycles. The van der Waals surface area contributed by atoms with E-state index in [-0.39, 0.29) is 6.03 Å². The van der Waals surface area contributed by atoms with Gasteiger partial charge in [0.25, 0.3) is 0 Å². The van der Waals surface area contributed by atoms with Crippen LogP contribution in [-0.2, 0) is 11.3 Å². The highest BCUT2D eigenvalue weighted by Gasteiger charge is 2.13. The molecule has 4 N–H and O–H groups in total. The number of hydrogen-bond donors (Lipinski definition) is 3. The van der Waals surface area contributed by atoms with Gasteiger partial charge in [0.05, 0.1) is 18.8 Å². The molecule has 2 rings (SSSR count). The maximum absolute atomic E-state index is 12.1. The molecule has 2 amide bonds. The van der Waals surface area contributed by atoms with Gasteiger partial charge in [-0.1, -0.05) is 12.1 Å². The van der Waals surface area contributed by atoms with Gasteiger partial charge < -0.3 is 25.8 Å². The zero-order chi connectivity index (χ0) is 17.4. The Bertz CT molecular complexity index is 702. The summed E-state index contributed by atoms with van der Waals surface area (Å²) in [5.74, 6) is -0.151. The number of hydrogen-bond acceptors (Lipinski definition) is 6. The summed E-state index contributed by atoms with van der Waals surface area (Å²) in [6.07, 6.45) is 0. The van der Waals surface area contributed by atoms with E-state index in [4.69, 9.17) is 15.2 Å². The number of nitrogens with one attached hydrogen (secondary N) is 2. The van der Waals surface area contributed by atoms with Gasteiger partial charge in [0.2, 0.25) is 0 Å². The summed E-state index contributed by atoms with van der Waals surface area (Å²) in [5, 5.41) is 5.35. The third-order valence-corrected chi connectivity index (χ3v) is 4.06. The minimum atomic E-state index is -0.478. The number of urea groups is 1. The van der Waals surface area contributed by atoms with Crippen molar-refractivity contribution in [2.45, 2.75) is 6.54 Å². The van der Waals surface area contributed by atoms with Crippen molar-refractivity contribution in [1.82, 2.24) is 10.6 Å². The Morgan fingerprint density at radius 2 is 1.96 bits per heavy atom. The normalized spacial score (nSPS) is 10.2. The molecule has 128 valence electrons. The largest absolute Gasteiger partial charge is 0.420 e. The monoisotopic (exact) mass is 349 g/mol. The summed E-state index contributed by atoms with van der Waals surface area (Å²) in [5.41, 5.74) is 6.15. The second-order valence-corrected chi connectivity index (χ2v) is 5.96. The average molecular weight is 349 g/mol. The summed E-state index contributed by atoms with van der Waals surface area (Å²) >= 11 is 1.25. The van der Waals surface area contributed by atoms with Crippen molar-refractivity contribution in [3.8, 4) is 5.75 Å². The van der Waals surface area contributed by atoms with Crippen molar-refractivity contribution in [3.63, 3.8) is 0 Å². The van der Waals surface area contributed by atoms with Crippen LogP contribution in [0.15, 0.2) is 36.4 Å². The van der Waals surface area contributed by atoms with Gasteiger partial charge in [-0.25, -0.2) is 9.59 Å². The third kappa shape index (κ3) is 5.25. The molecular weight excluding hydrogens is 330 g/mol. The number of thiophene rings is 1. The van der Waals surface area contributed by atoms with E-state index in [1.807, 2.05) is 0 Å². The fourth-order valence-corrected chi connectivity index (χ4v) is 2.63. The number of anilines is 1. The highest BCUT2D eigenvalue weighted by Crippen LogP contribution is 2.23. The molecule has 7 nitrogen and oxygen atoms in total. The lowest BCUT2D eigenvalue weighted by molar-refractivity contribution is 0.0741. The molecule has 0 aliphatic heterocycles. The van der Waals surface area contributed by atoms with Crippen molar-refractivity contribution in [2.75, 3.05) is 26.0 Å². The van der Waals surface area contributed by atoms with Crippen molar-refractivity contribution >= 4 is 29.0 Å². The molecule has 0 unspecified atom stereocenters. The van der Waals surface area contributed by atoms with Crippen LogP contribution in [0.3, 0.4) is 0 Å². The van der Waals surface area contributed by atoms with E-state index in [1.165, 1.54) is 11.3 Å². The Kier molecular flexibility index (Phi) is 6.59. The standard InChI is InChI=1S/C16H19N3O4S/c1-22-9-8-18-16(21)19-10-11-6-7-14(24-11)15(20)23-13-5-3-2-4-12(13)17/h2-7H,8-10,17H2,1H3,(H2,18,19,21). The lowest BCUT2D eigenvalue weighted by Gasteiger charge is -2.06. The summed E-state index contributed by atoms with van der Waals surface area (Å²) < 4.78 is 10.1. The van der Waals surface area contributed by atoms with E-state index < -0.39 is 5.97 Å². The van der Waals surface area contributed by atoms with Gasteiger partial charge in [0, 0.05) is 18.5 Å². The smallest absolute Gasteiger partial charge is 0.353 e. The average Bonchev–Trinajstić information content (AvgIpc) is 3.04. The molecule has 0 aliphatic rings. The molecule has 0 saturated heterocycles. The maximum atomic E-state index is 12.1. The SMILES string of the molecule is COCCNC(=O)NCc1ccc(C(=O)Oc2ccccc2N)s1. The number of esters is 1. The van der Waals surface area contributed by atoms with Crippen molar-refractivity contribution in [1.29, 1.82) is 0 Å². The first-order chi connectivity index (χ1) is 11.6. The molecule has 0 spiro atoms. The van der Waals surface area contributed by atoms with Crippen LogP contribution in [0.2, 0.25) is 0 Å². The van der Waals surface area contributed by atoms with E-state index >= 15 is 0 Å². The van der Waals surface area contributed by atoms with Gasteiger partial charge >= 0.3 is 12.0 Å². The number of rotatable bonds is 7. The zero-order valence-electron chi connectivity index (χ0n) is 13.2. The molecule has 0 saturated carbocycles. The van der Waals surface area contributed by atoms with Crippen LogP contribution in [0, 0.1) is 0 Å². The molecule has 0 atom stereocenters. The first-order valence-electron chi connectivity index (χ1n) is 7.26. The number of benzene rings is 1. The lowest BCUT2D eigenvalue weighted by atomic mass is 10.3. The lowest BCUT2D eigenvalue weighted by Crippen LogP contribution is -2.36. The summed E-state index contributed by atoms with van der Waals surface area (Å²) in [4.78, 5) is 24.9. The van der Waals surface area contributed by atoms with Crippen molar-refractivity contribution in [2.24, 2.45) is 0 Å². The Morgan fingerprint density at radius 3 is 2.71 bits per heavy atom. The van der Waals surface area contributed by atoms with Gasteiger partial charge in [-0.2, -0.15) is 0 Å². The molecule has 24 heavy (non-hydrogen) atoms. The molecule has 1 aromatic carbocycles. The van der Waals surface area contributed by atoms with Crippen LogP contribution in [0.1, 0.15) is 14.5 Å². The van der Waals surface area contributed by atoms with Gasteiger partial charge in [0.1, 0.15) is 4.88 Å². The first-order valence-corrected chi connectivity index (χ1v) is 8.08. The Hall–Kier alpha value is -2.58. The second-order valence-electron chi connectivity index (χ2n) is 4.80. The second kappa shape index (κ2) is 8.90. The van der Waals surface area contributed by atoms with E-state index in [0.29, 0.717) is 36.0 Å². The number of nitrogens with two attached hydrogens (primary N) is 1. The topological polar surface area (TPSA) is 103 Å². The third-order valence-electron chi connectivity index (χ3n) is 3.00. The maximum Gasteiger partial charge on any atom is 0.353 e. The summed E-state index contributed by atoms with van der Waals surface area (Å²) in [6, 6.07) is 9.94. The molecule has 0 radical (unpaired) electrons. The van der Waals surface area contributed by atoms with Gasteiger partial charge in [-0.15, -0.1) is 11.3 Å². The molecule has 8 heteroatoms. The summed E-state index contributed by atoms with van der Waals surface area (Å²) in [6.45, 7) is 1.21. The molecule has 0 bridgehead atoms. The number of amides is 2. The van der Waals surface area contributed by atoms with E-state index in [9.17, 15) is 9.59 Å². The molecular formula is C16H19N3O4S. The molecule has 0 fully saturated rings. The van der Waals surface area contributed by atoms with E-state index in [1.54, 1.807) is 43.5 Å². The van der Waals surface area contributed by atoms with Crippen LogP contribution >= 0.6 is 11.3 Å². The van der Waals surface area contributed by atoms with E-state index in [2.05, 4.69) is 10.6 Å². The fourth-order valence-electron chi connectivity index (χ4n) is 1.80. The molecule has 2 aromatic rings. The minimum absolute atomic E-state index is 0.290. The van der Waals surface area contributed by atoms with Crippen molar-refractivity contribution < 1.29 is 19.1 Å². The van der Waals surface area contributed by atoms with Crippen molar-refractivity contribution in [3.05, 3.63) is 46.2 Å². The van der Waals surface area contributed by atoms with Gasteiger partial charge in [-0.05, 0) is 24.3 Å². The van der Waals surface area contributed by atoms with E-state index in [0.717, 1.165) is 4.88 Å². The number of nitrogen functional groups attached to an aromatic ring is 1. The molecule has 1 aromatic heterocycles. The first kappa shape index (κ1) is 17.8. The van der Waals surface area contributed by atoms with Gasteiger partial charge in [-0.3, -0.25) is 0 Å². The predicted molar refractivity (Wildman–Crippen MR) is 92.2 cm³/mol. The van der Waals surface area contributed by atoms with Crippen LogP contribution in [-0.4, -0.2) is 32.3 Å². The number of ether oxygens (including phenoxy) is 2. The van der Waals surface area contributed by atoms with Gasteiger partial charge in [0.15, 0.2) is 5.75 Å². The van der Waals surface area contributed by atoms with Crippen LogP contribution in [0.25, 0.3) is 0 Å². The number of methoxy groups -OCH3 is 1. The number of para-hydroxylation sites is 2. The van der Waals surface area contributed by atoms with Crippen LogP contribution in [0.4, 0.5) is 10.5 Å². The quantitative estimate of drug-likeness (QED) is 0.307. The zero-order valence-corrected chi connectivity index (χ0v) is 14.0. The minimum Gasteiger partial charge on any atom is -0.420 e. The number of carbonyl (C=O) groups excluding carboxylic acids is 2. The highest BCUT2D eigenvalue weighted by molar-refractivity contribution is 7.13. The Labute approximate surface area is 143 Å². The molecule has 0 aliphatic carbocycles. The Morgan fingerprint density at radius 1 is 1.17 bits per heavy atom. The predicted octanol–water partition coefficient (Wildman–Crippen LogP) is 2.00.